The zero-order chi connectivity index (χ0) is 20.5. The van der Waals surface area contributed by atoms with Crippen molar-refractivity contribution in [1.82, 2.24) is 25.0 Å². The molecule has 1 aliphatic carbocycles. The van der Waals surface area contributed by atoms with Gasteiger partial charge in [0, 0.05) is 25.6 Å². The molecule has 2 heterocycles. The standard InChI is InChI=1S/C23H23N5O2/c29-22(24-15-16-7-3-1-4-8-16)21-26-25-20-19(17-9-5-2-6-10-17)27(13-14-28(20)21)23(30)18-11-12-18/h1-10,18-19H,11-15H2,(H,24,29). The van der Waals surface area contributed by atoms with E-state index < -0.39 is 0 Å². The summed E-state index contributed by atoms with van der Waals surface area (Å²) in [6, 6.07) is 19.3. The van der Waals surface area contributed by atoms with Crippen LogP contribution in [-0.4, -0.2) is 38.0 Å². The van der Waals surface area contributed by atoms with E-state index in [0.717, 1.165) is 24.0 Å². The molecule has 2 aromatic carbocycles. The fourth-order valence-corrected chi connectivity index (χ4v) is 4.01. The van der Waals surface area contributed by atoms with Crippen molar-refractivity contribution in [3.63, 3.8) is 0 Å². The largest absolute Gasteiger partial charge is 0.345 e. The third-order valence-corrected chi connectivity index (χ3v) is 5.72. The van der Waals surface area contributed by atoms with Gasteiger partial charge in [0.15, 0.2) is 5.82 Å². The van der Waals surface area contributed by atoms with Gasteiger partial charge in [-0.1, -0.05) is 60.7 Å². The molecule has 1 fully saturated rings. The summed E-state index contributed by atoms with van der Waals surface area (Å²) in [6.07, 6.45) is 1.91. The maximum Gasteiger partial charge on any atom is 0.289 e. The van der Waals surface area contributed by atoms with Crippen LogP contribution in [0.3, 0.4) is 0 Å². The molecular formula is C23H23N5O2. The van der Waals surface area contributed by atoms with Crippen molar-refractivity contribution in [2.24, 2.45) is 5.92 Å². The lowest BCUT2D eigenvalue weighted by atomic mass is 10.0. The summed E-state index contributed by atoms with van der Waals surface area (Å²) < 4.78 is 1.86. The SMILES string of the molecule is O=C(NCc1ccccc1)c1nnc2n1CCN(C(=O)C1CC1)C2c1ccccc1. The fraction of sp³-hybridized carbons (Fsp3) is 0.304. The molecule has 1 unspecified atom stereocenters. The molecule has 2 amide bonds. The number of hydrogen-bond donors (Lipinski definition) is 1. The van der Waals surface area contributed by atoms with Gasteiger partial charge < -0.3 is 14.8 Å². The first-order valence-corrected chi connectivity index (χ1v) is 10.3. The van der Waals surface area contributed by atoms with Gasteiger partial charge in [-0.15, -0.1) is 10.2 Å². The molecule has 3 aromatic rings. The van der Waals surface area contributed by atoms with Crippen LogP contribution < -0.4 is 5.32 Å². The van der Waals surface area contributed by atoms with Gasteiger partial charge in [-0.25, -0.2) is 0 Å². The summed E-state index contributed by atoms with van der Waals surface area (Å²) in [5.74, 6) is 0.977. The van der Waals surface area contributed by atoms with E-state index in [-0.39, 0.29) is 23.8 Å². The molecule has 7 heteroatoms. The average molecular weight is 401 g/mol. The Morgan fingerprint density at radius 1 is 0.933 bits per heavy atom. The molecule has 30 heavy (non-hydrogen) atoms. The van der Waals surface area contributed by atoms with E-state index in [1.807, 2.05) is 70.1 Å². The fourth-order valence-electron chi connectivity index (χ4n) is 4.01. The van der Waals surface area contributed by atoms with Gasteiger partial charge in [-0.05, 0) is 24.0 Å². The highest BCUT2D eigenvalue weighted by Crippen LogP contribution is 2.38. The number of carbonyl (C=O) groups is 2. The van der Waals surface area contributed by atoms with Gasteiger partial charge in [0.05, 0.1) is 0 Å². The quantitative estimate of drug-likeness (QED) is 0.713. The second-order valence-corrected chi connectivity index (χ2v) is 7.82. The summed E-state index contributed by atoms with van der Waals surface area (Å²) in [4.78, 5) is 27.7. The van der Waals surface area contributed by atoms with Gasteiger partial charge >= 0.3 is 0 Å². The molecule has 1 aliphatic heterocycles. The van der Waals surface area contributed by atoms with Gasteiger partial charge in [0.25, 0.3) is 5.91 Å². The lowest BCUT2D eigenvalue weighted by molar-refractivity contribution is -0.135. The number of rotatable bonds is 5. The highest BCUT2D eigenvalue weighted by atomic mass is 16.2. The summed E-state index contributed by atoms with van der Waals surface area (Å²) in [5, 5.41) is 11.5. The number of fused-ring (bicyclic) bond motifs is 1. The third-order valence-electron chi connectivity index (χ3n) is 5.72. The molecule has 0 radical (unpaired) electrons. The van der Waals surface area contributed by atoms with Crippen LogP contribution in [0.5, 0.6) is 0 Å². The summed E-state index contributed by atoms with van der Waals surface area (Å²) in [6.45, 7) is 1.48. The Morgan fingerprint density at radius 3 is 2.33 bits per heavy atom. The normalized spacial score (nSPS) is 18.0. The second-order valence-electron chi connectivity index (χ2n) is 7.82. The molecule has 2 aliphatic rings. The molecule has 152 valence electrons. The number of benzene rings is 2. The zero-order valence-electron chi connectivity index (χ0n) is 16.6. The maximum atomic E-state index is 12.9. The Hall–Kier alpha value is -3.48. The summed E-state index contributed by atoms with van der Waals surface area (Å²) in [5.41, 5.74) is 2.00. The van der Waals surface area contributed by atoms with E-state index in [1.165, 1.54) is 0 Å². The molecule has 1 N–H and O–H groups in total. The first-order valence-electron chi connectivity index (χ1n) is 10.3. The van der Waals surface area contributed by atoms with Crippen LogP contribution in [0.4, 0.5) is 0 Å². The third kappa shape index (κ3) is 3.47. The van der Waals surface area contributed by atoms with Crippen LogP contribution >= 0.6 is 0 Å². The van der Waals surface area contributed by atoms with E-state index in [4.69, 9.17) is 0 Å². The lowest BCUT2D eigenvalue weighted by Gasteiger charge is -2.36. The molecule has 0 saturated heterocycles. The van der Waals surface area contributed by atoms with E-state index >= 15 is 0 Å². The Balaban J connectivity index is 1.43. The first kappa shape index (κ1) is 18.5. The molecule has 1 saturated carbocycles. The van der Waals surface area contributed by atoms with Crippen LogP contribution in [0.15, 0.2) is 60.7 Å². The maximum absolute atomic E-state index is 12.9. The number of nitrogens with one attached hydrogen (secondary N) is 1. The van der Waals surface area contributed by atoms with Gasteiger partial charge in [0.1, 0.15) is 6.04 Å². The molecule has 0 spiro atoms. The van der Waals surface area contributed by atoms with Crippen molar-refractivity contribution in [2.45, 2.75) is 32.0 Å². The van der Waals surface area contributed by atoms with Gasteiger partial charge in [-0.2, -0.15) is 0 Å². The Labute approximate surface area is 174 Å². The monoisotopic (exact) mass is 401 g/mol. The predicted molar refractivity (Wildman–Crippen MR) is 110 cm³/mol. The molecule has 0 bridgehead atoms. The van der Waals surface area contributed by atoms with E-state index in [9.17, 15) is 9.59 Å². The summed E-state index contributed by atoms with van der Waals surface area (Å²) in [7, 11) is 0. The van der Waals surface area contributed by atoms with Crippen molar-refractivity contribution in [3.05, 3.63) is 83.4 Å². The van der Waals surface area contributed by atoms with Crippen LogP contribution in [0.2, 0.25) is 0 Å². The van der Waals surface area contributed by atoms with Crippen molar-refractivity contribution >= 4 is 11.8 Å². The summed E-state index contributed by atoms with van der Waals surface area (Å²) >= 11 is 0. The minimum atomic E-state index is -0.323. The van der Waals surface area contributed by atoms with Crippen LogP contribution in [0.1, 0.15) is 46.5 Å². The highest BCUT2D eigenvalue weighted by molar-refractivity contribution is 5.90. The number of nitrogens with zero attached hydrogens (tertiary/aromatic N) is 4. The van der Waals surface area contributed by atoms with Crippen molar-refractivity contribution in [3.8, 4) is 0 Å². The van der Waals surface area contributed by atoms with Crippen LogP contribution in [0, 0.1) is 5.92 Å². The smallest absolute Gasteiger partial charge is 0.289 e. The minimum Gasteiger partial charge on any atom is -0.345 e. The topological polar surface area (TPSA) is 80.1 Å². The number of carbonyl (C=O) groups excluding carboxylic acids is 2. The molecular weight excluding hydrogens is 378 g/mol. The molecule has 1 aromatic heterocycles. The number of aromatic nitrogens is 3. The number of hydrogen-bond acceptors (Lipinski definition) is 4. The Bertz CT molecular complexity index is 1060. The van der Waals surface area contributed by atoms with Gasteiger partial charge in [-0.3, -0.25) is 9.59 Å². The average Bonchev–Trinajstić information content (AvgIpc) is 3.56. The van der Waals surface area contributed by atoms with Crippen LogP contribution in [-0.2, 0) is 17.9 Å². The number of amides is 2. The molecule has 7 nitrogen and oxygen atoms in total. The van der Waals surface area contributed by atoms with E-state index in [0.29, 0.717) is 31.3 Å². The highest BCUT2D eigenvalue weighted by Gasteiger charge is 2.41. The second kappa shape index (κ2) is 7.74. The zero-order valence-corrected chi connectivity index (χ0v) is 16.6. The molecule has 5 rings (SSSR count). The van der Waals surface area contributed by atoms with Crippen molar-refractivity contribution in [2.75, 3.05) is 6.54 Å². The van der Waals surface area contributed by atoms with Crippen molar-refractivity contribution < 1.29 is 9.59 Å². The Kier molecular flexibility index (Phi) is 4.78. The van der Waals surface area contributed by atoms with Crippen molar-refractivity contribution in [1.29, 1.82) is 0 Å². The van der Waals surface area contributed by atoms with E-state index in [2.05, 4.69) is 15.5 Å². The molecule has 1 atom stereocenters. The van der Waals surface area contributed by atoms with Gasteiger partial charge in [0.2, 0.25) is 11.7 Å². The van der Waals surface area contributed by atoms with E-state index in [1.54, 1.807) is 0 Å². The predicted octanol–water partition coefficient (Wildman–Crippen LogP) is 2.55. The lowest BCUT2D eigenvalue weighted by Crippen LogP contribution is -2.44. The van der Waals surface area contributed by atoms with Crippen LogP contribution in [0.25, 0.3) is 0 Å². The first-order chi connectivity index (χ1) is 14.7. The minimum absolute atomic E-state index is 0.124. The Morgan fingerprint density at radius 2 is 1.63 bits per heavy atom.